The number of alkyl halides is 1. The van der Waals surface area contributed by atoms with Crippen LogP contribution in [0, 0.1) is 5.92 Å². The van der Waals surface area contributed by atoms with E-state index in [1.54, 1.807) is 12.1 Å². The van der Waals surface area contributed by atoms with Crippen LogP contribution in [0.15, 0.2) is 22.8 Å². The van der Waals surface area contributed by atoms with Crippen LogP contribution in [-0.4, -0.2) is 17.3 Å². The van der Waals surface area contributed by atoms with E-state index in [-0.39, 0.29) is 5.91 Å². The Bertz CT molecular complexity index is 323. The number of amides is 1. The molecule has 0 spiro atoms. The van der Waals surface area contributed by atoms with Crippen molar-refractivity contribution in [1.29, 1.82) is 0 Å². The molecule has 0 aromatic carbocycles. The number of rotatable bonds is 3. The van der Waals surface area contributed by atoms with Gasteiger partial charge >= 0.3 is 0 Å². The fourth-order valence-corrected chi connectivity index (χ4v) is 2.72. The van der Waals surface area contributed by atoms with Crippen molar-refractivity contribution < 1.29 is 9.21 Å². The summed E-state index contributed by atoms with van der Waals surface area (Å²) in [4.78, 5) is 12.1. The second kappa shape index (κ2) is 4.84. The minimum Gasteiger partial charge on any atom is -0.459 e. The zero-order chi connectivity index (χ0) is 10.7. The summed E-state index contributed by atoms with van der Waals surface area (Å²) in [5.74, 6) is 0.828. The third-order valence-electron chi connectivity index (χ3n) is 2.84. The summed E-state index contributed by atoms with van der Waals surface area (Å²) in [5.41, 5.74) is 0. The second-order valence-corrected chi connectivity index (χ2v) is 5.07. The molecule has 0 bridgehead atoms. The Labute approximate surface area is 97.4 Å². The molecule has 1 aromatic heterocycles. The molecule has 2 atom stereocenters. The van der Waals surface area contributed by atoms with Gasteiger partial charge in [-0.1, -0.05) is 22.4 Å². The molecule has 82 valence electrons. The summed E-state index contributed by atoms with van der Waals surface area (Å²) in [6.45, 7) is 0.732. The smallest absolute Gasteiger partial charge is 0.286 e. The van der Waals surface area contributed by atoms with Crippen LogP contribution in [-0.2, 0) is 0 Å². The third kappa shape index (κ3) is 2.62. The van der Waals surface area contributed by atoms with Crippen LogP contribution in [0.3, 0.4) is 0 Å². The summed E-state index contributed by atoms with van der Waals surface area (Å²) in [6, 6.07) is 3.40. The maximum Gasteiger partial charge on any atom is 0.286 e. The first-order chi connectivity index (χ1) is 7.27. The monoisotopic (exact) mass is 271 g/mol. The molecule has 15 heavy (non-hydrogen) atoms. The van der Waals surface area contributed by atoms with Crippen molar-refractivity contribution in [2.45, 2.75) is 24.1 Å². The van der Waals surface area contributed by atoms with Crippen LogP contribution in [0.5, 0.6) is 0 Å². The van der Waals surface area contributed by atoms with Gasteiger partial charge in [-0.3, -0.25) is 4.79 Å². The number of hydrogen-bond acceptors (Lipinski definition) is 2. The van der Waals surface area contributed by atoms with Crippen molar-refractivity contribution >= 4 is 21.8 Å². The molecule has 1 N–H and O–H groups in total. The zero-order valence-electron chi connectivity index (χ0n) is 8.41. The van der Waals surface area contributed by atoms with Gasteiger partial charge in [-0.2, -0.15) is 0 Å². The fraction of sp³-hybridized carbons (Fsp3) is 0.545. The lowest BCUT2D eigenvalue weighted by Crippen LogP contribution is -2.30. The lowest BCUT2D eigenvalue weighted by molar-refractivity contribution is 0.0920. The molecule has 2 rings (SSSR count). The third-order valence-corrected chi connectivity index (χ3v) is 4.04. The highest BCUT2D eigenvalue weighted by Gasteiger charge is 2.25. The van der Waals surface area contributed by atoms with Gasteiger partial charge in [0.05, 0.1) is 6.26 Å². The van der Waals surface area contributed by atoms with Crippen LogP contribution in [0.4, 0.5) is 0 Å². The van der Waals surface area contributed by atoms with E-state index in [2.05, 4.69) is 21.2 Å². The van der Waals surface area contributed by atoms with Crippen molar-refractivity contribution in [3.8, 4) is 0 Å². The molecule has 3 nitrogen and oxygen atoms in total. The summed E-state index contributed by atoms with van der Waals surface area (Å²) in [7, 11) is 0. The molecule has 1 aliphatic rings. The van der Waals surface area contributed by atoms with E-state index >= 15 is 0 Å². The van der Waals surface area contributed by atoms with E-state index < -0.39 is 0 Å². The van der Waals surface area contributed by atoms with Gasteiger partial charge < -0.3 is 9.73 Å². The predicted molar refractivity (Wildman–Crippen MR) is 61.1 cm³/mol. The van der Waals surface area contributed by atoms with Crippen LogP contribution in [0.25, 0.3) is 0 Å². The van der Waals surface area contributed by atoms with Gasteiger partial charge in [0, 0.05) is 11.4 Å². The van der Waals surface area contributed by atoms with Crippen molar-refractivity contribution in [3.05, 3.63) is 24.2 Å². The van der Waals surface area contributed by atoms with Gasteiger partial charge in [-0.05, 0) is 30.9 Å². The minimum absolute atomic E-state index is 0.119. The molecule has 1 saturated carbocycles. The molecule has 4 heteroatoms. The fourth-order valence-electron chi connectivity index (χ4n) is 1.94. The average Bonchev–Trinajstić information content (AvgIpc) is 2.85. The number of halogens is 1. The zero-order valence-corrected chi connectivity index (χ0v) is 10.00. The largest absolute Gasteiger partial charge is 0.459 e. The van der Waals surface area contributed by atoms with Gasteiger partial charge in [0.1, 0.15) is 0 Å². The predicted octanol–water partition coefficient (Wildman–Crippen LogP) is 2.57. The number of carbonyl (C=O) groups excluding carboxylic acids is 1. The second-order valence-electron chi connectivity index (χ2n) is 3.89. The highest BCUT2D eigenvalue weighted by molar-refractivity contribution is 9.09. The van der Waals surface area contributed by atoms with Crippen LogP contribution >= 0.6 is 15.9 Å². The summed E-state index contributed by atoms with van der Waals surface area (Å²) < 4.78 is 5.01. The van der Waals surface area contributed by atoms with E-state index in [4.69, 9.17) is 4.42 Å². The molecular weight excluding hydrogens is 258 g/mol. The number of carbonyl (C=O) groups is 1. The van der Waals surface area contributed by atoms with Gasteiger partial charge in [0.25, 0.3) is 5.91 Å². The lowest BCUT2D eigenvalue weighted by Gasteiger charge is -2.13. The molecule has 1 fully saturated rings. The SMILES string of the molecule is O=C(NCC1CCCC1Br)c1ccco1. The Morgan fingerprint density at radius 1 is 1.60 bits per heavy atom. The Kier molecular flexibility index (Phi) is 3.46. The highest BCUT2D eigenvalue weighted by atomic mass is 79.9. The molecule has 0 aliphatic heterocycles. The molecule has 1 aromatic rings. The van der Waals surface area contributed by atoms with Crippen LogP contribution in [0.1, 0.15) is 29.8 Å². The van der Waals surface area contributed by atoms with Crippen molar-refractivity contribution in [2.75, 3.05) is 6.54 Å². The normalized spacial score (nSPS) is 25.4. The number of nitrogens with one attached hydrogen (secondary N) is 1. The molecular formula is C11H14BrNO2. The topological polar surface area (TPSA) is 42.2 Å². The molecule has 1 heterocycles. The first-order valence-corrected chi connectivity index (χ1v) is 6.14. The highest BCUT2D eigenvalue weighted by Crippen LogP contribution is 2.30. The van der Waals surface area contributed by atoms with E-state index in [0.717, 1.165) is 6.54 Å². The summed E-state index contributed by atoms with van der Waals surface area (Å²) in [6.07, 6.45) is 5.16. The van der Waals surface area contributed by atoms with Gasteiger partial charge in [-0.15, -0.1) is 0 Å². The van der Waals surface area contributed by atoms with Crippen molar-refractivity contribution in [3.63, 3.8) is 0 Å². The molecule has 0 saturated heterocycles. The van der Waals surface area contributed by atoms with Gasteiger partial charge in [0.15, 0.2) is 5.76 Å². The maximum atomic E-state index is 11.5. The Balaban J connectivity index is 1.81. The average molecular weight is 272 g/mol. The Morgan fingerprint density at radius 2 is 2.47 bits per heavy atom. The standard InChI is InChI=1S/C11H14BrNO2/c12-9-4-1-3-8(9)7-13-11(14)10-5-2-6-15-10/h2,5-6,8-9H,1,3-4,7H2,(H,13,14). The Hall–Kier alpha value is -0.770. The van der Waals surface area contributed by atoms with Gasteiger partial charge in [-0.25, -0.2) is 0 Å². The van der Waals surface area contributed by atoms with E-state index in [1.165, 1.54) is 25.5 Å². The molecule has 2 unspecified atom stereocenters. The minimum atomic E-state index is -0.119. The first kappa shape index (κ1) is 10.7. The maximum absolute atomic E-state index is 11.5. The first-order valence-electron chi connectivity index (χ1n) is 5.23. The number of furan rings is 1. The summed E-state index contributed by atoms with van der Waals surface area (Å²) >= 11 is 3.63. The van der Waals surface area contributed by atoms with Crippen molar-refractivity contribution in [1.82, 2.24) is 5.32 Å². The van der Waals surface area contributed by atoms with E-state index in [9.17, 15) is 4.79 Å². The van der Waals surface area contributed by atoms with Crippen molar-refractivity contribution in [2.24, 2.45) is 5.92 Å². The lowest BCUT2D eigenvalue weighted by atomic mass is 10.1. The summed E-state index contributed by atoms with van der Waals surface area (Å²) in [5, 5.41) is 2.89. The van der Waals surface area contributed by atoms with E-state index in [0.29, 0.717) is 16.5 Å². The number of hydrogen-bond donors (Lipinski definition) is 1. The molecule has 0 radical (unpaired) electrons. The Morgan fingerprint density at radius 3 is 3.07 bits per heavy atom. The van der Waals surface area contributed by atoms with E-state index in [1.807, 2.05) is 0 Å². The molecule has 1 aliphatic carbocycles. The van der Waals surface area contributed by atoms with Crippen LogP contribution in [0.2, 0.25) is 0 Å². The quantitative estimate of drug-likeness (QED) is 0.859. The molecule has 1 amide bonds. The van der Waals surface area contributed by atoms with Crippen LogP contribution < -0.4 is 5.32 Å². The van der Waals surface area contributed by atoms with Gasteiger partial charge in [0.2, 0.25) is 0 Å².